The van der Waals surface area contributed by atoms with Gasteiger partial charge in [-0.2, -0.15) is 10.2 Å². The third-order valence-electron chi connectivity index (χ3n) is 6.68. The average Bonchev–Trinajstić information content (AvgIpc) is 2.90. The highest BCUT2D eigenvalue weighted by Gasteiger charge is 2.39. The maximum Gasteiger partial charge on any atom is 0.412 e. The number of carbonyl (C=O) groups excluding carboxylic acids is 1. The highest BCUT2D eigenvalue weighted by atomic mass is 16.6. The van der Waals surface area contributed by atoms with Crippen LogP contribution in [-0.2, 0) is 0 Å². The van der Waals surface area contributed by atoms with Crippen LogP contribution in [0.15, 0.2) is 89.3 Å². The van der Waals surface area contributed by atoms with Crippen molar-refractivity contribution < 1.29 is 9.53 Å². The van der Waals surface area contributed by atoms with Gasteiger partial charge in [0, 0.05) is 36.3 Å². The number of hydrogen-bond donors (Lipinski definition) is 2. The number of carbonyl (C=O) groups is 1. The van der Waals surface area contributed by atoms with E-state index in [1.165, 1.54) is 0 Å². The third kappa shape index (κ3) is 5.27. The number of rotatable bonds is 4. The Kier molecular flexibility index (Phi) is 6.90. The van der Waals surface area contributed by atoms with Crippen LogP contribution in [0.25, 0.3) is 0 Å². The third-order valence-corrected chi connectivity index (χ3v) is 6.68. The van der Waals surface area contributed by atoms with Gasteiger partial charge in [-0.25, -0.2) is 4.79 Å². The van der Waals surface area contributed by atoms with Crippen molar-refractivity contribution in [2.75, 3.05) is 0 Å². The van der Waals surface area contributed by atoms with Crippen molar-refractivity contribution in [3.05, 3.63) is 90.5 Å². The van der Waals surface area contributed by atoms with Gasteiger partial charge in [0.1, 0.15) is 5.75 Å². The summed E-state index contributed by atoms with van der Waals surface area (Å²) in [7, 11) is 0. The Labute approximate surface area is 204 Å². The van der Waals surface area contributed by atoms with Crippen LogP contribution in [0.2, 0.25) is 0 Å². The molecule has 3 aromatic rings. The number of aromatic nitrogens is 2. The van der Waals surface area contributed by atoms with E-state index in [9.17, 15) is 4.79 Å². The first-order valence-corrected chi connectivity index (χ1v) is 12.0. The molecule has 4 unspecified atom stereocenters. The molecular formula is C27H28N6O2. The van der Waals surface area contributed by atoms with E-state index in [0.717, 1.165) is 42.1 Å². The molecule has 0 radical (unpaired) electrons. The van der Waals surface area contributed by atoms with E-state index in [4.69, 9.17) is 10.5 Å². The zero-order valence-electron chi connectivity index (χ0n) is 19.3. The molecular weight excluding hydrogens is 440 g/mol. The smallest absolute Gasteiger partial charge is 0.410 e. The fourth-order valence-electron chi connectivity index (χ4n) is 4.93. The summed E-state index contributed by atoms with van der Waals surface area (Å²) in [5.41, 5.74) is 9.99. The largest absolute Gasteiger partial charge is 0.412 e. The summed E-state index contributed by atoms with van der Waals surface area (Å²) in [6.45, 7) is 0. The molecule has 0 bridgehead atoms. The number of nitrogens with one attached hydrogen (secondary N) is 1. The summed E-state index contributed by atoms with van der Waals surface area (Å²) >= 11 is 0. The quantitative estimate of drug-likeness (QED) is 0.601. The lowest BCUT2D eigenvalue weighted by Crippen LogP contribution is -2.51. The number of fused-ring (bicyclic) bond motifs is 1. The molecule has 1 saturated carbocycles. The maximum atomic E-state index is 12.6. The van der Waals surface area contributed by atoms with Crippen LogP contribution < -0.4 is 15.8 Å². The number of benzene rings is 1. The molecule has 1 aromatic carbocycles. The number of pyridine rings is 2. The molecule has 1 aliphatic carbocycles. The Bertz CT molecular complexity index is 1200. The molecule has 35 heavy (non-hydrogen) atoms. The summed E-state index contributed by atoms with van der Waals surface area (Å²) in [5, 5.41) is 12.3. The van der Waals surface area contributed by atoms with Crippen molar-refractivity contribution >= 4 is 17.5 Å². The molecule has 5 rings (SSSR count). The minimum atomic E-state index is -0.494. The van der Waals surface area contributed by atoms with E-state index in [2.05, 4.69) is 25.5 Å². The minimum Gasteiger partial charge on any atom is -0.410 e. The standard InChI is InChI=1S/C27H28N6O2/c28-21-14-12-19-20(13-15-22(21)31-27(34)35-18-8-2-1-3-9-18)26(24-11-5-7-17-30-24)33-32-25(19)23-10-4-6-16-29-23/h1-11,16-17,19-22H,12-15,28H2,(H,31,34). The lowest BCUT2D eigenvalue weighted by Gasteiger charge is -2.37. The predicted octanol–water partition coefficient (Wildman–Crippen LogP) is 3.97. The number of amides is 1. The zero-order valence-corrected chi connectivity index (χ0v) is 19.3. The second kappa shape index (κ2) is 10.6. The molecule has 3 heterocycles. The van der Waals surface area contributed by atoms with Crippen LogP contribution in [-0.4, -0.2) is 39.6 Å². The maximum absolute atomic E-state index is 12.6. The van der Waals surface area contributed by atoms with E-state index < -0.39 is 6.09 Å². The zero-order chi connectivity index (χ0) is 24.0. The van der Waals surface area contributed by atoms with Gasteiger partial charge in [-0.1, -0.05) is 30.3 Å². The Balaban J connectivity index is 1.38. The van der Waals surface area contributed by atoms with Crippen LogP contribution >= 0.6 is 0 Å². The summed E-state index contributed by atoms with van der Waals surface area (Å²) in [6.07, 6.45) is 6.04. The monoisotopic (exact) mass is 468 g/mol. The number of nitrogens with zero attached hydrogens (tertiary/aromatic N) is 4. The van der Waals surface area contributed by atoms with Gasteiger partial charge in [-0.3, -0.25) is 9.97 Å². The van der Waals surface area contributed by atoms with Gasteiger partial charge in [-0.05, 0) is 62.1 Å². The summed E-state index contributed by atoms with van der Waals surface area (Å²) < 4.78 is 5.44. The molecule has 3 N–H and O–H groups in total. The Morgan fingerprint density at radius 2 is 1.34 bits per heavy atom. The van der Waals surface area contributed by atoms with Crippen molar-refractivity contribution in [2.45, 2.75) is 37.8 Å². The van der Waals surface area contributed by atoms with Crippen LogP contribution in [0.3, 0.4) is 0 Å². The Hall–Kier alpha value is -3.91. The van der Waals surface area contributed by atoms with Crippen LogP contribution in [0.1, 0.15) is 37.1 Å². The first kappa shape index (κ1) is 22.9. The number of nitrogens with two attached hydrogens (primary N) is 1. The molecule has 2 aliphatic rings. The van der Waals surface area contributed by atoms with Crippen LogP contribution in [0, 0.1) is 11.8 Å². The summed E-state index contributed by atoms with van der Waals surface area (Å²) in [6, 6.07) is 20.2. The first-order valence-electron chi connectivity index (χ1n) is 12.0. The fourth-order valence-corrected chi connectivity index (χ4v) is 4.93. The van der Waals surface area contributed by atoms with Crippen molar-refractivity contribution in [3.8, 4) is 5.75 Å². The second-order valence-electron chi connectivity index (χ2n) is 8.89. The van der Waals surface area contributed by atoms with Gasteiger partial charge in [0.2, 0.25) is 0 Å². The highest BCUT2D eigenvalue weighted by Crippen LogP contribution is 2.35. The molecule has 0 spiro atoms. The van der Waals surface area contributed by atoms with Gasteiger partial charge < -0.3 is 15.8 Å². The van der Waals surface area contributed by atoms with Gasteiger partial charge in [-0.15, -0.1) is 0 Å². The molecule has 1 aliphatic heterocycles. The Morgan fingerprint density at radius 1 is 0.771 bits per heavy atom. The molecule has 178 valence electrons. The highest BCUT2D eigenvalue weighted by molar-refractivity contribution is 6.10. The fraction of sp³-hybridized carbons (Fsp3) is 0.296. The molecule has 1 amide bonds. The van der Waals surface area contributed by atoms with Gasteiger partial charge in [0.15, 0.2) is 0 Å². The number of hydrogen-bond acceptors (Lipinski definition) is 7. The van der Waals surface area contributed by atoms with E-state index in [-0.39, 0.29) is 23.9 Å². The normalized spacial score (nSPS) is 24.1. The topological polar surface area (TPSA) is 115 Å². The molecule has 8 nitrogen and oxygen atoms in total. The molecule has 8 heteroatoms. The SMILES string of the molecule is NC1CCC2C(c3ccccn3)=NN=C(c3ccccn3)C2CCC1NC(=O)Oc1ccccc1. The first-order chi connectivity index (χ1) is 17.2. The van der Waals surface area contributed by atoms with E-state index in [0.29, 0.717) is 12.2 Å². The Morgan fingerprint density at radius 3 is 1.91 bits per heavy atom. The van der Waals surface area contributed by atoms with E-state index >= 15 is 0 Å². The van der Waals surface area contributed by atoms with E-state index in [1.807, 2.05) is 54.6 Å². The van der Waals surface area contributed by atoms with Crippen molar-refractivity contribution in [1.29, 1.82) is 0 Å². The molecule has 0 saturated heterocycles. The number of ether oxygens (including phenoxy) is 1. The van der Waals surface area contributed by atoms with Gasteiger partial charge >= 0.3 is 6.09 Å². The van der Waals surface area contributed by atoms with Crippen LogP contribution in [0.4, 0.5) is 4.79 Å². The average molecular weight is 469 g/mol. The molecule has 1 fully saturated rings. The number of para-hydroxylation sites is 1. The van der Waals surface area contributed by atoms with Crippen molar-refractivity contribution in [2.24, 2.45) is 27.8 Å². The van der Waals surface area contributed by atoms with Gasteiger partial charge in [0.05, 0.1) is 22.8 Å². The van der Waals surface area contributed by atoms with Crippen molar-refractivity contribution in [3.63, 3.8) is 0 Å². The lowest BCUT2D eigenvalue weighted by atomic mass is 9.72. The predicted molar refractivity (Wildman–Crippen MR) is 134 cm³/mol. The van der Waals surface area contributed by atoms with Gasteiger partial charge in [0.25, 0.3) is 0 Å². The van der Waals surface area contributed by atoms with Crippen molar-refractivity contribution in [1.82, 2.24) is 15.3 Å². The lowest BCUT2D eigenvalue weighted by molar-refractivity contribution is 0.189. The van der Waals surface area contributed by atoms with Crippen LogP contribution in [0.5, 0.6) is 5.75 Å². The summed E-state index contributed by atoms with van der Waals surface area (Å²) in [4.78, 5) is 21.7. The summed E-state index contributed by atoms with van der Waals surface area (Å²) in [5.74, 6) is 0.696. The molecule has 2 aromatic heterocycles. The van der Waals surface area contributed by atoms with E-state index in [1.54, 1.807) is 24.5 Å². The molecule has 4 atom stereocenters. The minimum absolute atomic E-state index is 0.0846. The second-order valence-corrected chi connectivity index (χ2v) is 8.89.